The molecule has 3 nitrogen and oxygen atoms in total. The summed E-state index contributed by atoms with van der Waals surface area (Å²) in [4.78, 5) is 12.7. The van der Waals surface area contributed by atoms with E-state index in [9.17, 15) is 4.79 Å². The van der Waals surface area contributed by atoms with Crippen molar-refractivity contribution in [3.63, 3.8) is 0 Å². The molecule has 0 bridgehead atoms. The van der Waals surface area contributed by atoms with Crippen molar-refractivity contribution in [1.82, 2.24) is 0 Å². The van der Waals surface area contributed by atoms with Gasteiger partial charge in [0.1, 0.15) is 0 Å². The minimum absolute atomic E-state index is 0.0801. The Hall–Kier alpha value is -1.33. The highest BCUT2D eigenvalue weighted by molar-refractivity contribution is 9.10. The average Bonchev–Trinajstić information content (AvgIpc) is 2.49. The number of carbonyl (C=O) groups excluding carboxylic acids is 1. The molecular weight excluding hydrogens is 400 g/mol. The van der Waals surface area contributed by atoms with E-state index in [1.54, 1.807) is 26.4 Å². The molecule has 0 aliphatic rings. The van der Waals surface area contributed by atoms with Gasteiger partial charge < -0.3 is 9.47 Å². The highest BCUT2D eigenvalue weighted by Gasteiger charge is 2.17. The van der Waals surface area contributed by atoms with Gasteiger partial charge in [-0.15, -0.1) is 0 Å². The lowest BCUT2D eigenvalue weighted by Gasteiger charge is -2.11. The molecule has 0 atom stereocenters. The standard InChI is InChI=1S/C16H14Br2O3/c1-9-4-5-10(6-12(9)17)16(19)11-7-14(20-2)15(21-3)8-13(11)18/h4-8H,1-3H3. The molecule has 0 saturated carbocycles. The molecule has 2 rings (SSSR count). The van der Waals surface area contributed by atoms with Gasteiger partial charge in [0.15, 0.2) is 17.3 Å². The molecule has 0 amide bonds. The summed E-state index contributed by atoms with van der Waals surface area (Å²) in [6.45, 7) is 1.98. The normalized spacial score (nSPS) is 10.3. The Morgan fingerprint density at radius 3 is 2.14 bits per heavy atom. The summed E-state index contributed by atoms with van der Waals surface area (Å²) in [5.41, 5.74) is 2.22. The molecule has 0 radical (unpaired) electrons. The summed E-state index contributed by atoms with van der Waals surface area (Å²) in [5.74, 6) is 1.02. The summed E-state index contributed by atoms with van der Waals surface area (Å²) in [6, 6.07) is 8.95. The molecule has 0 saturated heterocycles. The maximum atomic E-state index is 12.7. The average molecular weight is 414 g/mol. The van der Waals surface area contributed by atoms with Crippen molar-refractivity contribution in [2.75, 3.05) is 14.2 Å². The van der Waals surface area contributed by atoms with E-state index in [0.29, 0.717) is 27.1 Å². The first-order chi connectivity index (χ1) is 9.97. The predicted octanol–water partition coefficient (Wildman–Crippen LogP) is 4.77. The number of ketones is 1. The van der Waals surface area contributed by atoms with Crippen LogP contribution in [0.25, 0.3) is 0 Å². The van der Waals surface area contributed by atoms with Crippen LogP contribution in [-0.4, -0.2) is 20.0 Å². The van der Waals surface area contributed by atoms with Crippen molar-refractivity contribution >= 4 is 37.6 Å². The number of hydrogen-bond donors (Lipinski definition) is 0. The van der Waals surface area contributed by atoms with Gasteiger partial charge in [-0.3, -0.25) is 4.79 Å². The molecule has 110 valence electrons. The first-order valence-electron chi connectivity index (χ1n) is 6.20. The second-order valence-corrected chi connectivity index (χ2v) is 6.19. The summed E-state index contributed by atoms with van der Waals surface area (Å²) in [7, 11) is 3.10. The lowest BCUT2D eigenvalue weighted by Crippen LogP contribution is -2.04. The third kappa shape index (κ3) is 3.30. The van der Waals surface area contributed by atoms with Crippen molar-refractivity contribution in [3.05, 3.63) is 56.0 Å². The van der Waals surface area contributed by atoms with Gasteiger partial charge in [0.05, 0.1) is 14.2 Å². The maximum absolute atomic E-state index is 12.7. The highest BCUT2D eigenvalue weighted by atomic mass is 79.9. The first-order valence-corrected chi connectivity index (χ1v) is 7.79. The predicted molar refractivity (Wildman–Crippen MR) is 89.6 cm³/mol. The zero-order chi connectivity index (χ0) is 15.6. The smallest absolute Gasteiger partial charge is 0.194 e. The van der Waals surface area contributed by atoms with E-state index in [1.807, 2.05) is 25.1 Å². The summed E-state index contributed by atoms with van der Waals surface area (Å²) in [6.07, 6.45) is 0. The quantitative estimate of drug-likeness (QED) is 0.677. The zero-order valence-corrected chi connectivity index (χ0v) is 15.0. The van der Waals surface area contributed by atoms with Crippen LogP contribution in [0.1, 0.15) is 21.5 Å². The second-order valence-electron chi connectivity index (χ2n) is 4.48. The second kappa shape index (κ2) is 6.62. The Kier molecular flexibility index (Phi) is 5.06. The molecule has 21 heavy (non-hydrogen) atoms. The van der Waals surface area contributed by atoms with E-state index in [4.69, 9.17) is 9.47 Å². The van der Waals surface area contributed by atoms with Crippen molar-refractivity contribution in [3.8, 4) is 11.5 Å². The van der Waals surface area contributed by atoms with Crippen LogP contribution in [0.5, 0.6) is 11.5 Å². The van der Waals surface area contributed by atoms with Crippen molar-refractivity contribution < 1.29 is 14.3 Å². The van der Waals surface area contributed by atoms with Crippen molar-refractivity contribution in [2.45, 2.75) is 6.92 Å². The maximum Gasteiger partial charge on any atom is 0.194 e. The van der Waals surface area contributed by atoms with Gasteiger partial charge in [-0.25, -0.2) is 0 Å². The lowest BCUT2D eigenvalue weighted by atomic mass is 10.0. The van der Waals surface area contributed by atoms with Gasteiger partial charge in [-0.05, 0) is 46.6 Å². The van der Waals surface area contributed by atoms with Gasteiger partial charge in [-0.1, -0.05) is 28.1 Å². The van der Waals surface area contributed by atoms with Gasteiger partial charge in [-0.2, -0.15) is 0 Å². The van der Waals surface area contributed by atoms with Crippen LogP contribution in [0, 0.1) is 6.92 Å². The number of methoxy groups -OCH3 is 2. The van der Waals surface area contributed by atoms with Crippen LogP contribution in [-0.2, 0) is 0 Å². The molecular formula is C16H14Br2O3. The number of hydrogen-bond acceptors (Lipinski definition) is 3. The van der Waals surface area contributed by atoms with Crippen LogP contribution < -0.4 is 9.47 Å². The van der Waals surface area contributed by atoms with Gasteiger partial charge in [0.25, 0.3) is 0 Å². The van der Waals surface area contributed by atoms with E-state index < -0.39 is 0 Å². The largest absolute Gasteiger partial charge is 0.493 e. The highest BCUT2D eigenvalue weighted by Crippen LogP contribution is 2.34. The van der Waals surface area contributed by atoms with E-state index in [-0.39, 0.29) is 5.78 Å². The fourth-order valence-electron chi connectivity index (χ4n) is 1.92. The van der Waals surface area contributed by atoms with Gasteiger partial charge in [0, 0.05) is 20.1 Å². The van der Waals surface area contributed by atoms with Crippen molar-refractivity contribution in [2.24, 2.45) is 0 Å². The van der Waals surface area contributed by atoms with Crippen LogP contribution in [0.15, 0.2) is 39.3 Å². The summed E-state index contributed by atoms with van der Waals surface area (Å²) >= 11 is 6.86. The molecule has 0 N–H and O–H groups in total. The molecule has 0 spiro atoms. The number of halogens is 2. The molecule has 0 heterocycles. The van der Waals surface area contributed by atoms with Crippen LogP contribution in [0.2, 0.25) is 0 Å². The van der Waals surface area contributed by atoms with E-state index in [1.165, 1.54) is 0 Å². The minimum Gasteiger partial charge on any atom is -0.493 e. The summed E-state index contributed by atoms with van der Waals surface area (Å²) < 4.78 is 12.0. The van der Waals surface area contributed by atoms with Crippen LogP contribution >= 0.6 is 31.9 Å². The topological polar surface area (TPSA) is 35.5 Å². The molecule has 2 aromatic rings. The number of aryl methyl sites for hydroxylation is 1. The number of benzene rings is 2. The minimum atomic E-state index is -0.0801. The molecule has 0 aliphatic carbocycles. The number of carbonyl (C=O) groups is 1. The third-order valence-corrected chi connectivity index (χ3v) is 4.66. The fraction of sp³-hybridized carbons (Fsp3) is 0.188. The third-order valence-electron chi connectivity index (χ3n) is 3.15. The molecule has 0 aliphatic heterocycles. The molecule has 0 aromatic heterocycles. The molecule has 0 unspecified atom stereocenters. The summed E-state index contributed by atoms with van der Waals surface area (Å²) in [5, 5.41) is 0. The Morgan fingerprint density at radius 2 is 1.57 bits per heavy atom. The SMILES string of the molecule is COc1cc(Br)c(C(=O)c2ccc(C)c(Br)c2)cc1OC. The Bertz CT molecular complexity index is 696. The van der Waals surface area contributed by atoms with Gasteiger partial charge >= 0.3 is 0 Å². The Labute approximate surface area is 140 Å². The van der Waals surface area contributed by atoms with E-state index in [0.717, 1.165) is 10.0 Å². The molecule has 0 fully saturated rings. The Balaban J connectivity index is 2.50. The zero-order valence-electron chi connectivity index (χ0n) is 11.9. The first kappa shape index (κ1) is 16.0. The lowest BCUT2D eigenvalue weighted by molar-refractivity contribution is 0.103. The monoisotopic (exact) mass is 412 g/mol. The van der Waals surface area contributed by atoms with E-state index >= 15 is 0 Å². The fourth-order valence-corrected chi connectivity index (χ4v) is 2.80. The van der Waals surface area contributed by atoms with Crippen LogP contribution in [0.3, 0.4) is 0 Å². The Morgan fingerprint density at radius 1 is 0.952 bits per heavy atom. The van der Waals surface area contributed by atoms with E-state index in [2.05, 4.69) is 31.9 Å². The number of rotatable bonds is 4. The number of ether oxygens (including phenoxy) is 2. The van der Waals surface area contributed by atoms with Gasteiger partial charge in [0.2, 0.25) is 0 Å². The van der Waals surface area contributed by atoms with Crippen molar-refractivity contribution in [1.29, 1.82) is 0 Å². The van der Waals surface area contributed by atoms with Crippen LogP contribution in [0.4, 0.5) is 0 Å². The molecule has 2 aromatic carbocycles. The molecule has 5 heteroatoms.